The second kappa shape index (κ2) is 6.69. The average molecular weight is 334 g/mol. The van der Waals surface area contributed by atoms with Crippen LogP contribution in [0.25, 0.3) is 11.0 Å². The van der Waals surface area contributed by atoms with E-state index in [1.165, 1.54) is 5.56 Å². The normalized spacial score (nSPS) is 14.4. The lowest BCUT2D eigenvalue weighted by atomic mass is 10.1. The molecule has 1 aromatic heterocycles. The van der Waals surface area contributed by atoms with E-state index in [9.17, 15) is 4.79 Å². The molecule has 0 bridgehead atoms. The Morgan fingerprint density at radius 3 is 2.84 bits per heavy atom. The van der Waals surface area contributed by atoms with Gasteiger partial charge in [-0.3, -0.25) is 9.69 Å². The molecule has 2 heterocycles. The third-order valence-corrected chi connectivity index (χ3v) is 4.71. The van der Waals surface area contributed by atoms with Crippen molar-refractivity contribution in [1.29, 1.82) is 0 Å². The van der Waals surface area contributed by atoms with Gasteiger partial charge >= 0.3 is 0 Å². The van der Waals surface area contributed by atoms with Crippen LogP contribution in [0.3, 0.4) is 0 Å². The Bertz CT molecular complexity index is 901. The highest BCUT2D eigenvalue weighted by atomic mass is 16.1. The van der Waals surface area contributed by atoms with Gasteiger partial charge in [-0.05, 0) is 37.2 Å². The second-order valence-corrected chi connectivity index (χ2v) is 6.65. The van der Waals surface area contributed by atoms with Gasteiger partial charge in [0.1, 0.15) is 5.82 Å². The molecular weight excluding hydrogens is 312 g/mol. The van der Waals surface area contributed by atoms with Crippen molar-refractivity contribution in [2.24, 2.45) is 0 Å². The Balaban J connectivity index is 1.45. The molecule has 0 atom stereocenters. The molecule has 0 spiro atoms. The van der Waals surface area contributed by atoms with E-state index in [0.717, 1.165) is 48.6 Å². The minimum absolute atomic E-state index is 0.0342. The van der Waals surface area contributed by atoms with Crippen LogP contribution in [-0.4, -0.2) is 34.0 Å². The molecule has 5 nitrogen and oxygen atoms in total. The van der Waals surface area contributed by atoms with Gasteiger partial charge in [0.15, 0.2) is 0 Å². The van der Waals surface area contributed by atoms with Gasteiger partial charge in [-0.2, -0.15) is 0 Å². The molecule has 0 fully saturated rings. The lowest BCUT2D eigenvalue weighted by Crippen LogP contribution is -2.30. The van der Waals surface area contributed by atoms with E-state index < -0.39 is 0 Å². The van der Waals surface area contributed by atoms with Crippen LogP contribution in [0.15, 0.2) is 48.5 Å². The van der Waals surface area contributed by atoms with Crippen LogP contribution < -0.4 is 5.32 Å². The van der Waals surface area contributed by atoms with Crippen molar-refractivity contribution >= 4 is 22.6 Å². The van der Waals surface area contributed by atoms with E-state index in [4.69, 9.17) is 4.98 Å². The molecule has 0 radical (unpaired) electrons. The lowest BCUT2D eigenvalue weighted by Gasteiger charge is -2.23. The summed E-state index contributed by atoms with van der Waals surface area (Å²) in [6, 6.07) is 16.1. The number of nitrogens with zero attached hydrogens (tertiary/aromatic N) is 3. The van der Waals surface area contributed by atoms with Crippen molar-refractivity contribution in [3.05, 3.63) is 59.9 Å². The molecule has 0 saturated carbocycles. The molecule has 3 aromatic rings. The van der Waals surface area contributed by atoms with Crippen molar-refractivity contribution in [1.82, 2.24) is 14.5 Å². The number of amides is 1. The molecule has 0 unspecified atom stereocenters. The molecule has 25 heavy (non-hydrogen) atoms. The number of benzene rings is 2. The number of imidazole rings is 1. The van der Waals surface area contributed by atoms with Gasteiger partial charge in [0.05, 0.1) is 17.6 Å². The number of hydrogen-bond donors (Lipinski definition) is 1. The maximum Gasteiger partial charge on any atom is 0.224 e. The van der Waals surface area contributed by atoms with Gasteiger partial charge in [-0.25, -0.2) is 4.98 Å². The number of aryl methyl sites for hydroxylation is 1. The predicted octanol–water partition coefficient (Wildman–Crippen LogP) is 3.05. The molecule has 1 aliphatic rings. The standard InChI is InChI=1S/C20H22N4O/c1-23-11-12-24-18-9-8-16(13-17(18)22-19(24)14-23)21-20(25)10-7-15-5-3-2-4-6-15/h2-6,8-9,13H,7,10-12,14H2,1H3,(H,21,25). The molecule has 5 heteroatoms. The van der Waals surface area contributed by atoms with Crippen molar-refractivity contribution < 1.29 is 4.79 Å². The number of nitrogens with one attached hydrogen (secondary N) is 1. The van der Waals surface area contributed by atoms with Crippen molar-refractivity contribution in [2.75, 3.05) is 18.9 Å². The van der Waals surface area contributed by atoms with Crippen LogP contribution in [0.2, 0.25) is 0 Å². The second-order valence-electron chi connectivity index (χ2n) is 6.65. The fourth-order valence-electron chi connectivity index (χ4n) is 3.34. The fraction of sp³-hybridized carbons (Fsp3) is 0.300. The zero-order valence-corrected chi connectivity index (χ0v) is 14.4. The number of carbonyl (C=O) groups excluding carboxylic acids is 1. The minimum atomic E-state index is 0.0342. The molecule has 2 aromatic carbocycles. The highest BCUT2D eigenvalue weighted by Gasteiger charge is 2.17. The quantitative estimate of drug-likeness (QED) is 0.798. The molecule has 128 valence electrons. The first-order chi connectivity index (χ1) is 12.2. The summed E-state index contributed by atoms with van der Waals surface area (Å²) >= 11 is 0. The number of hydrogen-bond acceptors (Lipinski definition) is 3. The van der Waals surface area contributed by atoms with Crippen LogP contribution in [-0.2, 0) is 24.3 Å². The monoisotopic (exact) mass is 334 g/mol. The Kier molecular flexibility index (Phi) is 4.24. The Labute approximate surface area is 147 Å². The largest absolute Gasteiger partial charge is 0.326 e. The molecular formula is C20H22N4O. The summed E-state index contributed by atoms with van der Waals surface area (Å²) in [4.78, 5) is 19.2. The molecule has 1 N–H and O–H groups in total. The van der Waals surface area contributed by atoms with Crippen LogP contribution in [0.4, 0.5) is 5.69 Å². The third kappa shape index (κ3) is 3.42. The third-order valence-electron chi connectivity index (χ3n) is 4.71. The fourth-order valence-corrected chi connectivity index (χ4v) is 3.34. The van der Waals surface area contributed by atoms with E-state index in [2.05, 4.69) is 27.9 Å². The number of anilines is 1. The smallest absolute Gasteiger partial charge is 0.224 e. The number of likely N-dealkylation sites (N-methyl/N-ethyl adjacent to an activating group) is 1. The number of aromatic nitrogens is 2. The minimum Gasteiger partial charge on any atom is -0.326 e. The molecule has 0 saturated heterocycles. The van der Waals surface area contributed by atoms with Crippen LogP contribution in [0.5, 0.6) is 0 Å². The molecule has 4 rings (SSSR count). The SMILES string of the molecule is CN1CCn2c(nc3cc(NC(=O)CCc4ccccc4)ccc32)C1. The Hall–Kier alpha value is -2.66. The van der Waals surface area contributed by atoms with E-state index in [-0.39, 0.29) is 5.91 Å². The maximum absolute atomic E-state index is 12.2. The number of fused-ring (bicyclic) bond motifs is 3. The highest BCUT2D eigenvalue weighted by molar-refractivity contribution is 5.93. The maximum atomic E-state index is 12.2. The predicted molar refractivity (Wildman–Crippen MR) is 99.5 cm³/mol. The van der Waals surface area contributed by atoms with E-state index >= 15 is 0 Å². The molecule has 1 aliphatic heterocycles. The number of rotatable bonds is 4. The lowest BCUT2D eigenvalue weighted by molar-refractivity contribution is -0.116. The van der Waals surface area contributed by atoms with Gasteiger partial charge in [-0.1, -0.05) is 30.3 Å². The highest BCUT2D eigenvalue weighted by Crippen LogP contribution is 2.23. The zero-order chi connectivity index (χ0) is 17.2. The van der Waals surface area contributed by atoms with Crippen LogP contribution >= 0.6 is 0 Å². The average Bonchev–Trinajstić information content (AvgIpc) is 2.97. The Morgan fingerprint density at radius 1 is 1.16 bits per heavy atom. The first kappa shape index (κ1) is 15.8. The van der Waals surface area contributed by atoms with Crippen molar-refractivity contribution in [3.63, 3.8) is 0 Å². The summed E-state index contributed by atoms with van der Waals surface area (Å²) < 4.78 is 2.27. The summed E-state index contributed by atoms with van der Waals surface area (Å²) in [6.07, 6.45) is 1.23. The zero-order valence-electron chi connectivity index (χ0n) is 14.4. The summed E-state index contributed by atoms with van der Waals surface area (Å²) in [7, 11) is 2.11. The first-order valence-corrected chi connectivity index (χ1v) is 8.70. The topological polar surface area (TPSA) is 50.2 Å². The molecule has 0 aliphatic carbocycles. The van der Waals surface area contributed by atoms with Gasteiger partial charge in [0.25, 0.3) is 0 Å². The van der Waals surface area contributed by atoms with Gasteiger partial charge in [0, 0.05) is 25.2 Å². The number of carbonyl (C=O) groups is 1. The summed E-state index contributed by atoms with van der Waals surface area (Å²) in [5.74, 6) is 1.13. The first-order valence-electron chi connectivity index (χ1n) is 8.70. The Morgan fingerprint density at radius 2 is 2.00 bits per heavy atom. The summed E-state index contributed by atoms with van der Waals surface area (Å²) in [5, 5.41) is 2.99. The molecule has 1 amide bonds. The van der Waals surface area contributed by atoms with E-state index in [1.807, 2.05) is 42.5 Å². The summed E-state index contributed by atoms with van der Waals surface area (Å²) in [5.41, 5.74) is 4.09. The van der Waals surface area contributed by atoms with E-state index in [1.54, 1.807) is 0 Å². The van der Waals surface area contributed by atoms with Gasteiger partial charge < -0.3 is 9.88 Å². The van der Waals surface area contributed by atoms with Crippen molar-refractivity contribution in [3.8, 4) is 0 Å². The van der Waals surface area contributed by atoms with Crippen LogP contribution in [0, 0.1) is 0 Å². The van der Waals surface area contributed by atoms with Gasteiger partial charge in [-0.15, -0.1) is 0 Å². The van der Waals surface area contributed by atoms with E-state index in [0.29, 0.717) is 6.42 Å². The van der Waals surface area contributed by atoms with Crippen LogP contribution in [0.1, 0.15) is 17.8 Å². The van der Waals surface area contributed by atoms with Crippen molar-refractivity contribution in [2.45, 2.75) is 25.9 Å². The summed E-state index contributed by atoms with van der Waals surface area (Å²) in [6.45, 7) is 2.87. The van der Waals surface area contributed by atoms with Gasteiger partial charge in [0.2, 0.25) is 5.91 Å².